The number of nitrogen functional groups attached to an aromatic ring is 1. The van der Waals surface area contributed by atoms with Gasteiger partial charge in [0.25, 0.3) is 0 Å². The van der Waals surface area contributed by atoms with Crippen molar-refractivity contribution in [2.24, 2.45) is 0 Å². The van der Waals surface area contributed by atoms with Crippen LogP contribution in [0.4, 0.5) is 5.69 Å². The van der Waals surface area contributed by atoms with E-state index in [2.05, 4.69) is 15.9 Å². The zero-order valence-electron chi connectivity index (χ0n) is 9.71. The van der Waals surface area contributed by atoms with Gasteiger partial charge in [-0.15, -0.1) is 0 Å². The van der Waals surface area contributed by atoms with Crippen molar-refractivity contribution in [3.05, 3.63) is 28.2 Å². The van der Waals surface area contributed by atoms with Gasteiger partial charge in [0.05, 0.1) is 12.0 Å². The van der Waals surface area contributed by atoms with E-state index in [1.807, 2.05) is 26.0 Å². The van der Waals surface area contributed by atoms with Gasteiger partial charge >= 0.3 is 5.97 Å². The number of benzene rings is 1. The minimum absolute atomic E-state index is 0.230. The van der Waals surface area contributed by atoms with E-state index in [9.17, 15) is 4.79 Å². The smallest absolute Gasteiger partial charge is 0.315 e. The summed E-state index contributed by atoms with van der Waals surface area (Å²) >= 11 is 3.35. The molecule has 1 aromatic rings. The highest BCUT2D eigenvalue weighted by Gasteiger charge is 2.31. The second-order valence-corrected chi connectivity index (χ2v) is 4.94. The normalized spacial score (nSPS) is 11.2. The molecule has 0 unspecified atom stereocenters. The van der Waals surface area contributed by atoms with Gasteiger partial charge in [-0.05, 0) is 54.4 Å². The van der Waals surface area contributed by atoms with E-state index in [1.165, 1.54) is 0 Å². The maximum atomic E-state index is 11.8. The molecule has 1 aromatic carbocycles. The highest BCUT2D eigenvalue weighted by Crippen LogP contribution is 2.29. The lowest BCUT2D eigenvalue weighted by molar-refractivity contribution is -0.148. The van der Waals surface area contributed by atoms with Gasteiger partial charge in [0, 0.05) is 10.2 Å². The molecule has 0 saturated heterocycles. The lowest BCUT2D eigenvalue weighted by atomic mass is 9.85. The number of halogens is 1. The number of hydrogen-bond acceptors (Lipinski definition) is 3. The summed E-state index contributed by atoms with van der Waals surface area (Å²) in [5, 5.41) is 0. The van der Waals surface area contributed by atoms with Crippen LogP contribution in [0, 0.1) is 0 Å². The van der Waals surface area contributed by atoms with E-state index in [0.29, 0.717) is 12.3 Å². The summed E-state index contributed by atoms with van der Waals surface area (Å²) in [6, 6.07) is 5.48. The Balaban J connectivity index is 3.06. The molecule has 88 valence electrons. The predicted octanol–water partition coefficient (Wildman–Crippen LogP) is 2.87. The van der Waals surface area contributed by atoms with Crippen LogP contribution in [0.1, 0.15) is 26.3 Å². The van der Waals surface area contributed by atoms with Gasteiger partial charge in [-0.25, -0.2) is 0 Å². The molecule has 0 heterocycles. The van der Waals surface area contributed by atoms with Crippen molar-refractivity contribution in [1.82, 2.24) is 0 Å². The summed E-state index contributed by atoms with van der Waals surface area (Å²) < 4.78 is 5.84. The van der Waals surface area contributed by atoms with Crippen molar-refractivity contribution in [2.75, 3.05) is 12.3 Å². The van der Waals surface area contributed by atoms with Gasteiger partial charge in [0.2, 0.25) is 0 Å². The minimum atomic E-state index is -0.660. The monoisotopic (exact) mass is 285 g/mol. The van der Waals surface area contributed by atoms with Crippen LogP contribution >= 0.6 is 15.9 Å². The number of nitrogens with two attached hydrogens (primary N) is 1. The van der Waals surface area contributed by atoms with E-state index in [-0.39, 0.29) is 5.97 Å². The molecule has 16 heavy (non-hydrogen) atoms. The van der Waals surface area contributed by atoms with Crippen molar-refractivity contribution in [3.8, 4) is 0 Å². The van der Waals surface area contributed by atoms with Crippen LogP contribution in [0.3, 0.4) is 0 Å². The Kier molecular flexibility index (Phi) is 3.97. The average Bonchev–Trinajstić information content (AvgIpc) is 2.22. The van der Waals surface area contributed by atoms with Crippen LogP contribution in [0.25, 0.3) is 0 Å². The number of esters is 1. The van der Waals surface area contributed by atoms with Crippen LogP contribution in [0.5, 0.6) is 0 Å². The highest BCUT2D eigenvalue weighted by atomic mass is 79.9. The largest absolute Gasteiger partial charge is 0.465 e. The molecular weight excluding hydrogens is 270 g/mol. The molecule has 3 nitrogen and oxygen atoms in total. The van der Waals surface area contributed by atoms with Crippen LogP contribution in [-0.4, -0.2) is 12.6 Å². The summed E-state index contributed by atoms with van der Waals surface area (Å²) in [4.78, 5) is 11.8. The first kappa shape index (κ1) is 13.0. The predicted molar refractivity (Wildman–Crippen MR) is 68.2 cm³/mol. The van der Waals surface area contributed by atoms with Crippen molar-refractivity contribution in [2.45, 2.75) is 26.2 Å². The third-order valence-corrected chi connectivity index (χ3v) is 3.19. The summed E-state index contributed by atoms with van der Waals surface area (Å²) in [5.41, 5.74) is 6.58. The maximum absolute atomic E-state index is 11.8. The van der Waals surface area contributed by atoms with Gasteiger partial charge in [0.1, 0.15) is 0 Å². The van der Waals surface area contributed by atoms with E-state index < -0.39 is 5.41 Å². The van der Waals surface area contributed by atoms with Crippen molar-refractivity contribution in [3.63, 3.8) is 0 Å². The van der Waals surface area contributed by atoms with Gasteiger partial charge < -0.3 is 10.5 Å². The topological polar surface area (TPSA) is 52.3 Å². The summed E-state index contributed by atoms with van der Waals surface area (Å²) in [6.07, 6.45) is 0. The number of carbonyl (C=O) groups excluding carboxylic acids is 1. The van der Waals surface area contributed by atoms with E-state index >= 15 is 0 Å². The fourth-order valence-corrected chi connectivity index (χ4v) is 1.72. The molecule has 0 bridgehead atoms. The standard InChI is InChI=1S/C12H16BrNO2/c1-4-16-11(15)12(2,3)8-5-6-10(14)9(13)7-8/h5-7H,4,14H2,1-3H3. The number of anilines is 1. The van der Waals surface area contributed by atoms with Crippen molar-refractivity contribution in [1.29, 1.82) is 0 Å². The fraction of sp³-hybridized carbons (Fsp3) is 0.417. The molecule has 4 heteroatoms. The number of ether oxygens (including phenoxy) is 1. The van der Waals surface area contributed by atoms with Gasteiger partial charge in [-0.1, -0.05) is 6.07 Å². The summed E-state index contributed by atoms with van der Waals surface area (Å²) in [5.74, 6) is -0.230. The second kappa shape index (κ2) is 4.87. The van der Waals surface area contributed by atoms with Crippen LogP contribution in [0.15, 0.2) is 22.7 Å². The Bertz CT molecular complexity index is 402. The molecule has 0 saturated carbocycles. The Labute approximate surface area is 104 Å². The first-order valence-electron chi connectivity index (χ1n) is 5.12. The summed E-state index contributed by atoms with van der Waals surface area (Å²) in [7, 11) is 0. The molecule has 0 aliphatic carbocycles. The Morgan fingerprint density at radius 3 is 2.62 bits per heavy atom. The van der Waals surface area contributed by atoms with Gasteiger partial charge in [-0.2, -0.15) is 0 Å². The molecule has 0 fully saturated rings. The molecule has 2 N–H and O–H groups in total. The lowest BCUT2D eigenvalue weighted by Crippen LogP contribution is -2.31. The number of carbonyl (C=O) groups is 1. The maximum Gasteiger partial charge on any atom is 0.315 e. The SMILES string of the molecule is CCOC(=O)C(C)(C)c1ccc(N)c(Br)c1. The molecule has 0 aliphatic heterocycles. The van der Waals surface area contributed by atoms with E-state index in [1.54, 1.807) is 13.0 Å². The molecular formula is C12H16BrNO2. The zero-order valence-corrected chi connectivity index (χ0v) is 11.3. The molecule has 0 radical (unpaired) electrons. The molecule has 0 aromatic heterocycles. The summed E-state index contributed by atoms with van der Waals surface area (Å²) in [6.45, 7) is 5.86. The molecule has 0 spiro atoms. The van der Waals surface area contributed by atoms with E-state index in [4.69, 9.17) is 10.5 Å². The molecule has 1 rings (SSSR count). The third kappa shape index (κ3) is 2.55. The highest BCUT2D eigenvalue weighted by molar-refractivity contribution is 9.10. The number of hydrogen-bond donors (Lipinski definition) is 1. The first-order valence-corrected chi connectivity index (χ1v) is 5.91. The third-order valence-electron chi connectivity index (χ3n) is 2.51. The Morgan fingerprint density at radius 2 is 2.12 bits per heavy atom. The number of rotatable bonds is 3. The quantitative estimate of drug-likeness (QED) is 0.686. The van der Waals surface area contributed by atoms with Crippen LogP contribution in [0.2, 0.25) is 0 Å². The minimum Gasteiger partial charge on any atom is -0.465 e. The second-order valence-electron chi connectivity index (χ2n) is 4.08. The first-order chi connectivity index (χ1) is 7.39. The van der Waals surface area contributed by atoms with Gasteiger partial charge in [-0.3, -0.25) is 4.79 Å². The Hall–Kier alpha value is -1.03. The van der Waals surface area contributed by atoms with E-state index in [0.717, 1.165) is 10.0 Å². The van der Waals surface area contributed by atoms with Crippen LogP contribution in [-0.2, 0) is 14.9 Å². The lowest BCUT2D eigenvalue weighted by Gasteiger charge is -2.23. The Morgan fingerprint density at radius 1 is 1.50 bits per heavy atom. The molecule has 0 atom stereocenters. The van der Waals surface area contributed by atoms with Crippen molar-refractivity contribution < 1.29 is 9.53 Å². The zero-order chi connectivity index (χ0) is 12.3. The van der Waals surface area contributed by atoms with Crippen molar-refractivity contribution >= 4 is 27.6 Å². The van der Waals surface area contributed by atoms with Crippen LogP contribution < -0.4 is 5.73 Å². The molecule has 0 amide bonds. The average molecular weight is 286 g/mol. The van der Waals surface area contributed by atoms with Gasteiger partial charge in [0.15, 0.2) is 0 Å². The molecule has 0 aliphatic rings. The fourth-order valence-electron chi connectivity index (χ4n) is 1.35.